The number of carbonyl (C=O) groups is 1. The number of piperidine rings is 1. The van der Waals surface area contributed by atoms with Crippen molar-refractivity contribution in [3.63, 3.8) is 0 Å². The van der Waals surface area contributed by atoms with E-state index in [0.29, 0.717) is 22.4 Å². The Bertz CT molecular complexity index is 754. The largest absolute Gasteiger partial charge is 0.495 e. The molecule has 1 fully saturated rings. The summed E-state index contributed by atoms with van der Waals surface area (Å²) in [4.78, 5) is 18.8. The third-order valence-electron chi connectivity index (χ3n) is 4.88. The number of aromatic nitrogens is 2. The number of hydrogen-bond donors (Lipinski definition) is 1. The normalized spacial score (nSPS) is 15.1. The van der Waals surface area contributed by atoms with Crippen molar-refractivity contribution in [1.82, 2.24) is 14.5 Å². The molecule has 0 aliphatic carbocycles. The smallest absolute Gasteiger partial charge is 0.321 e. The van der Waals surface area contributed by atoms with Gasteiger partial charge in [-0.15, -0.1) is 0 Å². The van der Waals surface area contributed by atoms with E-state index in [9.17, 15) is 4.79 Å². The molecule has 3 rings (SSSR count). The Labute approximate surface area is 159 Å². The number of carbonyl (C=O) groups excluding carboxylic acids is 1. The first-order valence-corrected chi connectivity index (χ1v) is 9.38. The summed E-state index contributed by atoms with van der Waals surface area (Å²) in [5.41, 5.74) is 0.595. The van der Waals surface area contributed by atoms with Crippen LogP contribution < -0.4 is 10.1 Å². The molecule has 7 heteroatoms. The van der Waals surface area contributed by atoms with Gasteiger partial charge in [0.15, 0.2) is 0 Å². The van der Waals surface area contributed by atoms with Crippen LogP contribution in [-0.4, -0.2) is 40.7 Å². The van der Waals surface area contributed by atoms with Crippen molar-refractivity contribution in [2.75, 3.05) is 25.5 Å². The highest BCUT2D eigenvalue weighted by Crippen LogP contribution is 2.28. The molecule has 2 heterocycles. The fourth-order valence-electron chi connectivity index (χ4n) is 3.39. The van der Waals surface area contributed by atoms with E-state index in [1.165, 1.54) is 0 Å². The third kappa shape index (κ3) is 4.30. The van der Waals surface area contributed by atoms with Gasteiger partial charge in [0.1, 0.15) is 11.6 Å². The van der Waals surface area contributed by atoms with Crippen molar-refractivity contribution < 1.29 is 9.53 Å². The first-order chi connectivity index (χ1) is 12.6. The molecule has 1 aromatic carbocycles. The average molecular weight is 377 g/mol. The average Bonchev–Trinajstić information content (AvgIpc) is 3.09. The van der Waals surface area contributed by atoms with Crippen molar-refractivity contribution in [3.05, 3.63) is 41.4 Å². The number of benzene rings is 1. The molecule has 140 valence electrons. The van der Waals surface area contributed by atoms with Crippen LogP contribution in [0.4, 0.5) is 10.5 Å². The number of urea groups is 1. The molecule has 0 unspecified atom stereocenters. The summed E-state index contributed by atoms with van der Waals surface area (Å²) in [5.74, 6) is 2.29. The van der Waals surface area contributed by atoms with Crippen molar-refractivity contribution in [3.8, 4) is 5.75 Å². The van der Waals surface area contributed by atoms with E-state index in [0.717, 1.165) is 44.7 Å². The maximum atomic E-state index is 12.6. The van der Waals surface area contributed by atoms with Gasteiger partial charge in [0.2, 0.25) is 0 Å². The van der Waals surface area contributed by atoms with Crippen LogP contribution in [0.5, 0.6) is 5.75 Å². The number of halogens is 1. The summed E-state index contributed by atoms with van der Waals surface area (Å²) in [6.07, 6.45) is 6.82. The number of imidazole rings is 1. The van der Waals surface area contributed by atoms with Gasteiger partial charge in [-0.25, -0.2) is 9.78 Å². The third-order valence-corrected chi connectivity index (χ3v) is 5.11. The first kappa shape index (κ1) is 18.6. The van der Waals surface area contributed by atoms with E-state index in [-0.39, 0.29) is 6.03 Å². The highest BCUT2D eigenvalue weighted by atomic mass is 35.5. The number of amides is 2. The van der Waals surface area contributed by atoms with E-state index >= 15 is 0 Å². The van der Waals surface area contributed by atoms with Gasteiger partial charge in [-0.05, 0) is 37.0 Å². The number of nitrogens with zero attached hydrogens (tertiary/aromatic N) is 3. The zero-order valence-electron chi connectivity index (χ0n) is 15.2. The summed E-state index contributed by atoms with van der Waals surface area (Å²) in [6.45, 7) is 4.59. The number of methoxy groups -OCH3 is 1. The Morgan fingerprint density at radius 1 is 1.38 bits per heavy atom. The Kier molecular flexibility index (Phi) is 6.04. The number of hydrogen-bond acceptors (Lipinski definition) is 3. The molecule has 0 saturated carbocycles. The monoisotopic (exact) mass is 376 g/mol. The van der Waals surface area contributed by atoms with Gasteiger partial charge in [-0.2, -0.15) is 0 Å². The van der Waals surface area contributed by atoms with Gasteiger partial charge in [0.25, 0.3) is 0 Å². The van der Waals surface area contributed by atoms with E-state index in [1.807, 2.05) is 17.3 Å². The lowest BCUT2D eigenvalue weighted by atomic mass is 9.97. The molecule has 1 aliphatic rings. The summed E-state index contributed by atoms with van der Waals surface area (Å²) in [6, 6.07) is 5.08. The molecule has 2 aromatic rings. The molecule has 2 amide bonds. The van der Waals surface area contributed by atoms with E-state index in [2.05, 4.69) is 21.8 Å². The van der Waals surface area contributed by atoms with Crippen LogP contribution in [0.1, 0.15) is 25.6 Å². The van der Waals surface area contributed by atoms with E-state index in [1.54, 1.807) is 25.3 Å². The highest BCUT2D eigenvalue weighted by Gasteiger charge is 2.24. The van der Waals surface area contributed by atoms with Crippen molar-refractivity contribution in [2.45, 2.75) is 32.7 Å². The van der Waals surface area contributed by atoms with Crippen LogP contribution in [0.25, 0.3) is 0 Å². The minimum Gasteiger partial charge on any atom is -0.495 e. The Morgan fingerprint density at radius 3 is 2.85 bits per heavy atom. The number of anilines is 1. The molecule has 1 aliphatic heterocycles. The quantitative estimate of drug-likeness (QED) is 0.856. The number of rotatable bonds is 5. The van der Waals surface area contributed by atoms with E-state index < -0.39 is 0 Å². The number of nitrogens with one attached hydrogen (secondary N) is 1. The van der Waals surface area contributed by atoms with E-state index in [4.69, 9.17) is 16.3 Å². The van der Waals surface area contributed by atoms with Crippen molar-refractivity contribution in [1.29, 1.82) is 0 Å². The van der Waals surface area contributed by atoms with Gasteiger partial charge in [0.05, 0.1) is 12.8 Å². The summed E-state index contributed by atoms with van der Waals surface area (Å²) < 4.78 is 7.52. The fourth-order valence-corrected chi connectivity index (χ4v) is 3.56. The minimum atomic E-state index is -0.110. The van der Waals surface area contributed by atoms with Crippen LogP contribution in [0, 0.1) is 5.92 Å². The lowest BCUT2D eigenvalue weighted by molar-refractivity contribution is 0.176. The molecule has 1 N–H and O–H groups in total. The molecule has 6 nitrogen and oxygen atoms in total. The molecular formula is C19H25ClN4O2. The van der Waals surface area contributed by atoms with Gasteiger partial charge >= 0.3 is 6.03 Å². The zero-order chi connectivity index (χ0) is 18.5. The number of ether oxygens (including phenoxy) is 1. The number of likely N-dealkylation sites (tertiary alicyclic amines) is 1. The highest BCUT2D eigenvalue weighted by molar-refractivity contribution is 6.31. The summed E-state index contributed by atoms with van der Waals surface area (Å²) >= 11 is 6.03. The van der Waals surface area contributed by atoms with Crippen LogP contribution in [-0.2, 0) is 13.0 Å². The van der Waals surface area contributed by atoms with Crippen LogP contribution >= 0.6 is 11.6 Å². The predicted molar refractivity (Wildman–Crippen MR) is 103 cm³/mol. The predicted octanol–water partition coefficient (Wildman–Crippen LogP) is 4.05. The maximum absolute atomic E-state index is 12.6. The number of aryl methyl sites for hydroxylation is 1. The van der Waals surface area contributed by atoms with Crippen LogP contribution in [0.15, 0.2) is 30.6 Å². The lowest BCUT2D eigenvalue weighted by Gasteiger charge is -2.32. The molecule has 26 heavy (non-hydrogen) atoms. The molecule has 1 saturated heterocycles. The van der Waals surface area contributed by atoms with Gasteiger partial charge in [-0.1, -0.05) is 18.5 Å². The van der Waals surface area contributed by atoms with Gasteiger partial charge < -0.3 is 19.5 Å². The maximum Gasteiger partial charge on any atom is 0.321 e. The second kappa shape index (κ2) is 8.45. The van der Waals surface area contributed by atoms with Gasteiger partial charge in [-0.3, -0.25) is 0 Å². The lowest BCUT2D eigenvalue weighted by Crippen LogP contribution is -2.41. The SMILES string of the molecule is CCc1nccn1CC1CCN(C(=O)Nc2cc(Cl)ccc2OC)CC1. The van der Waals surface area contributed by atoms with Crippen molar-refractivity contribution in [2.24, 2.45) is 5.92 Å². The van der Waals surface area contributed by atoms with Crippen LogP contribution in [0.2, 0.25) is 5.02 Å². The molecule has 0 bridgehead atoms. The van der Waals surface area contributed by atoms with Gasteiger partial charge in [0, 0.05) is 43.5 Å². The Morgan fingerprint density at radius 2 is 2.15 bits per heavy atom. The standard InChI is InChI=1S/C19H25ClN4O2/c1-3-18-21-8-11-24(18)13-14-6-9-23(10-7-14)19(25)22-16-12-15(20)4-5-17(16)26-2/h4-5,8,11-12,14H,3,6-7,9-10,13H2,1-2H3,(H,22,25). The zero-order valence-corrected chi connectivity index (χ0v) is 16.0. The molecule has 0 radical (unpaired) electrons. The molecule has 0 spiro atoms. The molecule has 1 aromatic heterocycles. The second-order valence-electron chi connectivity index (χ2n) is 6.55. The Balaban J connectivity index is 1.55. The molecule has 0 atom stereocenters. The second-order valence-corrected chi connectivity index (χ2v) is 6.99. The molecular weight excluding hydrogens is 352 g/mol. The topological polar surface area (TPSA) is 59.4 Å². The first-order valence-electron chi connectivity index (χ1n) is 9.00. The Hall–Kier alpha value is -2.21. The summed E-state index contributed by atoms with van der Waals surface area (Å²) in [7, 11) is 1.57. The fraction of sp³-hybridized carbons (Fsp3) is 0.474. The van der Waals surface area contributed by atoms with Crippen molar-refractivity contribution >= 4 is 23.3 Å². The minimum absolute atomic E-state index is 0.110. The van der Waals surface area contributed by atoms with Crippen LogP contribution in [0.3, 0.4) is 0 Å². The summed E-state index contributed by atoms with van der Waals surface area (Å²) in [5, 5.41) is 3.47.